The first-order valence-electron chi connectivity index (χ1n) is 6.56. The van der Waals surface area contributed by atoms with Crippen LogP contribution in [-0.4, -0.2) is 16.1 Å². The summed E-state index contributed by atoms with van der Waals surface area (Å²) in [6, 6.07) is 18.6. The first kappa shape index (κ1) is 19.6. The topological polar surface area (TPSA) is 50.2 Å². The van der Waals surface area contributed by atoms with Crippen LogP contribution in [0, 0.1) is 23.8 Å². The van der Waals surface area contributed by atoms with Gasteiger partial charge in [-0.3, -0.25) is 8.78 Å². The molecular formula is C18H11F2IrNO2-2. The van der Waals surface area contributed by atoms with Crippen molar-refractivity contribution in [1.29, 1.82) is 0 Å². The number of hydrogen-bond acceptors (Lipinski definition) is 2. The predicted octanol–water partition coefficient (Wildman–Crippen LogP) is 4.01. The first-order chi connectivity index (χ1) is 11.1. The third-order valence-electron chi connectivity index (χ3n) is 2.72. The smallest absolute Gasteiger partial charge is 0.247 e. The summed E-state index contributed by atoms with van der Waals surface area (Å²) in [5, 5.41) is 8.35. The first-order valence-corrected chi connectivity index (χ1v) is 6.56. The Kier molecular flexibility index (Phi) is 7.89. The molecule has 0 saturated carbocycles. The Balaban J connectivity index is 0.000000252. The van der Waals surface area contributed by atoms with Gasteiger partial charge < -0.3 is 14.9 Å². The monoisotopic (exact) mass is 504 g/mol. The van der Waals surface area contributed by atoms with Gasteiger partial charge in [0.2, 0.25) is 5.97 Å². The number of hydrogen-bond donors (Lipinski definition) is 1. The molecule has 2 aromatic carbocycles. The van der Waals surface area contributed by atoms with Crippen molar-refractivity contribution in [2.75, 3.05) is 0 Å². The maximum absolute atomic E-state index is 13.2. The van der Waals surface area contributed by atoms with Crippen LogP contribution in [0.4, 0.5) is 8.78 Å². The third kappa shape index (κ3) is 5.65. The molecule has 3 rings (SSSR count). The van der Waals surface area contributed by atoms with Crippen molar-refractivity contribution in [3.63, 3.8) is 0 Å². The molecule has 0 spiro atoms. The molecular weight excluding hydrogens is 492 g/mol. The Morgan fingerprint density at radius 3 is 2.33 bits per heavy atom. The van der Waals surface area contributed by atoms with Crippen LogP contribution in [0.5, 0.6) is 0 Å². The van der Waals surface area contributed by atoms with Crippen molar-refractivity contribution in [2.45, 2.75) is 0 Å². The van der Waals surface area contributed by atoms with Gasteiger partial charge in [-0.05, 0) is 11.8 Å². The number of aromatic nitrogens is 1. The second-order valence-electron chi connectivity index (χ2n) is 4.34. The summed E-state index contributed by atoms with van der Waals surface area (Å²) in [5.41, 5.74) is 0.842. The fourth-order valence-electron chi connectivity index (χ4n) is 1.68. The number of nitrogens with zero attached hydrogens (tertiary/aromatic N) is 1. The predicted molar refractivity (Wildman–Crippen MR) is 80.7 cm³/mol. The van der Waals surface area contributed by atoms with E-state index in [4.69, 9.17) is 5.11 Å². The minimum absolute atomic E-state index is 0. The molecule has 0 bridgehead atoms. The fourth-order valence-corrected chi connectivity index (χ4v) is 1.68. The van der Waals surface area contributed by atoms with E-state index < -0.39 is 17.6 Å². The van der Waals surface area contributed by atoms with E-state index in [1.165, 1.54) is 6.07 Å². The molecule has 1 heterocycles. The van der Waals surface area contributed by atoms with E-state index in [-0.39, 0.29) is 31.2 Å². The summed E-state index contributed by atoms with van der Waals surface area (Å²) in [7, 11) is 0. The molecule has 0 atom stereocenters. The molecule has 0 unspecified atom stereocenters. The zero-order valence-electron chi connectivity index (χ0n) is 12.2. The molecule has 0 aliphatic heterocycles. The van der Waals surface area contributed by atoms with Crippen molar-refractivity contribution in [3.8, 4) is 11.3 Å². The Labute approximate surface area is 151 Å². The molecule has 1 aromatic heterocycles. The van der Waals surface area contributed by atoms with Crippen molar-refractivity contribution in [1.82, 2.24) is 4.98 Å². The van der Waals surface area contributed by atoms with Crippen LogP contribution in [0.1, 0.15) is 10.4 Å². The van der Waals surface area contributed by atoms with Gasteiger partial charge in [0, 0.05) is 37.9 Å². The summed E-state index contributed by atoms with van der Waals surface area (Å²) in [6.07, 6.45) is 1.55. The summed E-state index contributed by atoms with van der Waals surface area (Å²) in [6.45, 7) is 0. The Morgan fingerprint density at radius 1 is 1.08 bits per heavy atom. The van der Waals surface area contributed by atoms with Gasteiger partial charge in [0.1, 0.15) is 0 Å². The van der Waals surface area contributed by atoms with Gasteiger partial charge in [-0.15, -0.1) is 42.5 Å². The second-order valence-corrected chi connectivity index (χ2v) is 4.34. The van der Waals surface area contributed by atoms with Crippen LogP contribution >= 0.6 is 0 Å². The molecule has 3 nitrogen and oxygen atoms in total. The summed E-state index contributed by atoms with van der Waals surface area (Å²) < 4.78 is 25.8. The summed E-state index contributed by atoms with van der Waals surface area (Å²) >= 11 is 0. The van der Waals surface area contributed by atoms with Gasteiger partial charge in [-0.1, -0.05) is 29.3 Å². The van der Waals surface area contributed by atoms with Crippen molar-refractivity contribution in [3.05, 3.63) is 90.1 Å². The van der Waals surface area contributed by atoms with E-state index in [0.717, 1.165) is 12.1 Å². The van der Waals surface area contributed by atoms with Crippen molar-refractivity contribution in [2.24, 2.45) is 0 Å². The van der Waals surface area contributed by atoms with Crippen LogP contribution < -0.4 is 0 Å². The molecule has 1 N–H and O–H groups in total. The van der Waals surface area contributed by atoms with E-state index >= 15 is 0 Å². The van der Waals surface area contributed by atoms with Crippen LogP contribution in [0.15, 0.2) is 60.8 Å². The molecule has 0 saturated heterocycles. The van der Waals surface area contributed by atoms with Crippen LogP contribution in [0.3, 0.4) is 0 Å². The van der Waals surface area contributed by atoms with Crippen molar-refractivity contribution < 1.29 is 38.8 Å². The fraction of sp³-hybridized carbons (Fsp3) is 0. The van der Waals surface area contributed by atoms with Gasteiger partial charge in [-0.25, -0.2) is 0 Å². The maximum Gasteiger partial charge on any atom is 0.247 e. The van der Waals surface area contributed by atoms with Crippen molar-refractivity contribution >= 4 is 5.97 Å². The largest absolute Gasteiger partial charge is 0.521 e. The Hall–Kier alpha value is -2.43. The number of rotatable bonds is 2. The number of pyridine rings is 1. The third-order valence-corrected chi connectivity index (χ3v) is 2.72. The van der Waals surface area contributed by atoms with Gasteiger partial charge in [0.25, 0.3) is 0 Å². The molecule has 6 heteroatoms. The van der Waals surface area contributed by atoms with Gasteiger partial charge in [0.05, 0.1) is 0 Å². The van der Waals surface area contributed by atoms with Gasteiger partial charge >= 0.3 is 0 Å². The van der Waals surface area contributed by atoms with E-state index in [1.807, 2.05) is 0 Å². The molecule has 1 radical (unpaired) electrons. The average Bonchev–Trinajstić information content (AvgIpc) is 2.57. The minimum Gasteiger partial charge on any atom is -0.521 e. The Bertz CT molecular complexity index is 784. The molecule has 0 aliphatic carbocycles. The normalized spacial score (nSPS) is 9.25. The quantitative estimate of drug-likeness (QED) is 0.538. The van der Waals surface area contributed by atoms with Crippen LogP contribution in [0.2, 0.25) is 0 Å². The molecule has 3 aromatic rings. The molecule has 0 aliphatic rings. The summed E-state index contributed by atoms with van der Waals surface area (Å²) in [5.74, 6) is -2.22. The standard InChI is InChI=1S/C11H6F2N.C7H5O2.Ir/c12-8-4-5-9(10(13)7-8)11-3-1-2-6-14-11;8-7(9)6-4-2-1-3-5-6;/h1-4,6-7H;1-4H,(H,8,9);/q2*-1;. The Morgan fingerprint density at radius 2 is 1.83 bits per heavy atom. The number of halogens is 2. The summed E-state index contributed by atoms with van der Waals surface area (Å²) in [4.78, 5) is 14.1. The van der Waals surface area contributed by atoms with E-state index in [2.05, 4.69) is 17.1 Å². The zero-order valence-corrected chi connectivity index (χ0v) is 14.6. The average molecular weight is 504 g/mol. The SMILES string of the molecule is Fc1c[c-]c(-c2ccccn2)c(F)c1.O=C(O)c1[c-]cccc1.[Ir]. The zero-order chi connectivity index (χ0) is 16.7. The molecule has 125 valence electrons. The van der Waals surface area contributed by atoms with Gasteiger partial charge in [-0.2, -0.15) is 0 Å². The van der Waals surface area contributed by atoms with Crippen LogP contribution in [-0.2, 0) is 20.1 Å². The number of carbonyl (C=O) groups is 1. The number of carboxylic acids is 1. The molecule has 0 fully saturated rings. The van der Waals surface area contributed by atoms with E-state index in [0.29, 0.717) is 5.69 Å². The van der Waals surface area contributed by atoms with Gasteiger partial charge in [0.15, 0.2) is 0 Å². The van der Waals surface area contributed by atoms with Crippen LogP contribution in [0.25, 0.3) is 11.3 Å². The van der Waals surface area contributed by atoms with E-state index in [9.17, 15) is 13.6 Å². The number of aromatic carboxylic acids is 1. The molecule has 0 amide bonds. The number of benzene rings is 2. The molecule has 24 heavy (non-hydrogen) atoms. The second kappa shape index (κ2) is 9.65. The minimum atomic E-state index is -0.935. The maximum atomic E-state index is 13.2. The van der Waals surface area contributed by atoms with E-state index in [1.54, 1.807) is 42.6 Å². The number of carboxylic acid groups (broad SMARTS) is 1.